The van der Waals surface area contributed by atoms with E-state index in [-0.39, 0.29) is 18.4 Å². The van der Waals surface area contributed by atoms with Gasteiger partial charge in [0.15, 0.2) is 0 Å². The fourth-order valence-corrected chi connectivity index (χ4v) is 3.60. The number of pyridine rings is 1. The summed E-state index contributed by atoms with van der Waals surface area (Å²) >= 11 is 1.49. The number of amides is 2. The van der Waals surface area contributed by atoms with Gasteiger partial charge in [-0.15, -0.1) is 11.8 Å². The molecule has 0 aliphatic rings. The zero-order chi connectivity index (χ0) is 20.8. The lowest BCUT2D eigenvalue weighted by Crippen LogP contribution is -2.35. The SMILES string of the molecule is Cc1ccnc(NC(=O)CN(C)C(=O)c2ccccc2SCc2cc(C)no2)c1. The summed E-state index contributed by atoms with van der Waals surface area (Å²) in [4.78, 5) is 31.5. The van der Waals surface area contributed by atoms with Gasteiger partial charge in [0.2, 0.25) is 5.91 Å². The zero-order valence-corrected chi connectivity index (χ0v) is 17.3. The minimum absolute atomic E-state index is 0.0746. The number of aromatic nitrogens is 2. The van der Waals surface area contributed by atoms with Crippen LogP contribution in [-0.4, -0.2) is 40.4 Å². The molecule has 0 bridgehead atoms. The summed E-state index contributed by atoms with van der Waals surface area (Å²) in [5, 5.41) is 6.59. The summed E-state index contributed by atoms with van der Waals surface area (Å²) in [6, 6.07) is 12.8. The minimum atomic E-state index is -0.304. The van der Waals surface area contributed by atoms with Crippen LogP contribution in [0.5, 0.6) is 0 Å². The van der Waals surface area contributed by atoms with Gasteiger partial charge in [-0.25, -0.2) is 4.98 Å². The zero-order valence-electron chi connectivity index (χ0n) is 16.5. The van der Waals surface area contributed by atoms with E-state index in [0.717, 1.165) is 21.9 Å². The van der Waals surface area contributed by atoms with Crippen molar-refractivity contribution in [1.29, 1.82) is 0 Å². The molecule has 0 aliphatic heterocycles. The molecule has 150 valence electrons. The van der Waals surface area contributed by atoms with E-state index in [1.54, 1.807) is 31.4 Å². The lowest BCUT2D eigenvalue weighted by Gasteiger charge is -2.18. The van der Waals surface area contributed by atoms with Gasteiger partial charge in [0.25, 0.3) is 5.91 Å². The first-order valence-electron chi connectivity index (χ1n) is 9.04. The lowest BCUT2D eigenvalue weighted by atomic mass is 10.2. The molecular weight excluding hydrogens is 388 g/mol. The Hall–Kier alpha value is -3.13. The van der Waals surface area contributed by atoms with E-state index in [9.17, 15) is 9.59 Å². The van der Waals surface area contributed by atoms with E-state index in [2.05, 4.69) is 15.5 Å². The maximum Gasteiger partial charge on any atom is 0.255 e. The Balaban J connectivity index is 1.63. The van der Waals surface area contributed by atoms with Crippen LogP contribution in [0.4, 0.5) is 5.82 Å². The average molecular weight is 410 g/mol. The van der Waals surface area contributed by atoms with Crippen LogP contribution >= 0.6 is 11.8 Å². The molecule has 2 amide bonds. The largest absolute Gasteiger partial charge is 0.360 e. The first kappa shape index (κ1) is 20.6. The molecule has 8 heteroatoms. The van der Waals surface area contributed by atoms with E-state index in [1.807, 2.05) is 38.1 Å². The van der Waals surface area contributed by atoms with Crippen LogP contribution in [-0.2, 0) is 10.5 Å². The number of carbonyl (C=O) groups excluding carboxylic acids is 2. The molecular formula is C21H22N4O3S. The third kappa shape index (κ3) is 5.68. The molecule has 2 aromatic heterocycles. The van der Waals surface area contributed by atoms with Gasteiger partial charge in [-0.1, -0.05) is 17.3 Å². The molecule has 1 N–H and O–H groups in total. The highest BCUT2D eigenvalue weighted by Crippen LogP contribution is 2.27. The molecule has 0 saturated heterocycles. The Morgan fingerprint density at radius 2 is 1.97 bits per heavy atom. The molecule has 0 unspecified atom stereocenters. The van der Waals surface area contributed by atoms with Gasteiger partial charge in [-0.2, -0.15) is 0 Å². The first-order chi connectivity index (χ1) is 13.9. The van der Waals surface area contributed by atoms with Crippen molar-refractivity contribution in [3.63, 3.8) is 0 Å². The molecule has 0 fully saturated rings. The van der Waals surface area contributed by atoms with Gasteiger partial charge in [-0.05, 0) is 43.7 Å². The third-order valence-electron chi connectivity index (χ3n) is 4.07. The van der Waals surface area contributed by atoms with Crippen molar-refractivity contribution in [3.05, 3.63) is 71.2 Å². The van der Waals surface area contributed by atoms with Crippen LogP contribution in [0.25, 0.3) is 0 Å². The molecule has 2 heterocycles. The second-order valence-corrected chi connectivity index (χ2v) is 7.66. The van der Waals surface area contributed by atoms with E-state index in [0.29, 0.717) is 17.1 Å². The van der Waals surface area contributed by atoms with Crippen molar-refractivity contribution < 1.29 is 14.1 Å². The smallest absolute Gasteiger partial charge is 0.255 e. The molecule has 7 nitrogen and oxygen atoms in total. The molecule has 0 atom stereocenters. The highest BCUT2D eigenvalue weighted by molar-refractivity contribution is 7.98. The standard InChI is InChI=1S/C21H22N4O3S/c1-14-8-9-22-19(10-14)23-20(26)12-25(3)21(27)17-6-4-5-7-18(17)29-13-16-11-15(2)24-28-16/h4-11H,12-13H2,1-3H3,(H,22,23,26). The summed E-state index contributed by atoms with van der Waals surface area (Å²) in [5.74, 6) is 1.24. The summed E-state index contributed by atoms with van der Waals surface area (Å²) in [5.41, 5.74) is 2.35. The van der Waals surface area contributed by atoms with E-state index < -0.39 is 0 Å². The molecule has 0 spiro atoms. The molecule has 29 heavy (non-hydrogen) atoms. The highest BCUT2D eigenvalue weighted by Gasteiger charge is 2.19. The normalized spacial score (nSPS) is 10.6. The summed E-state index contributed by atoms with van der Waals surface area (Å²) in [6.45, 7) is 3.71. The van der Waals surface area contributed by atoms with Crippen LogP contribution in [0.15, 0.2) is 58.1 Å². The molecule has 0 radical (unpaired) electrons. The van der Waals surface area contributed by atoms with Crippen LogP contribution in [0.1, 0.15) is 27.4 Å². The number of hydrogen-bond acceptors (Lipinski definition) is 6. The number of thioether (sulfide) groups is 1. The monoisotopic (exact) mass is 410 g/mol. The second-order valence-electron chi connectivity index (χ2n) is 6.65. The van der Waals surface area contributed by atoms with Crippen molar-refractivity contribution in [1.82, 2.24) is 15.0 Å². The van der Waals surface area contributed by atoms with Crippen molar-refractivity contribution in [2.24, 2.45) is 0 Å². The fraction of sp³-hybridized carbons (Fsp3) is 0.238. The van der Waals surface area contributed by atoms with Crippen molar-refractivity contribution >= 4 is 29.4 Å². The van der Waals surface area contributed by atoms with Gasteiger partial charge in [0.1, 0.15) is 11.6 Å². The molecule has 1 aromatic carbocycles. The summed E-state index contributed by atoms with van der Waals surface area (Å²) in [7, 11) is 1.60. The molecule has 0 aliphatic carbocycles. The summed E-state index contributed by atoms with van der Waals surface area (Å²) in [6.07, 6.45) is 1.63. The number of hydrogen-bond donors (Lipinski definition) is 1. The topological polar surface area (TPSA) is 88.3 Å². The quantitative estimate of drug-likeness (QED) is 0.598. The van der Waals surface area contributed by atoms with Crippen LogP contribution < -0.4 is 5.32 Å². The molecule has 3 aromatic rings. The molecule has 3 rings (SSSR count). The Kier molecular flexibility index (Phi) is 6.66. The van der Waals surface area contributed by atoms with Crippen LogP contribution in [0.3, 0.4) is 0 Å². The first-order valence-corrected chi connectivity index (χ1v) is 10.0. The van der Waals surface area contributed by atoms with Gasteiger partial charge < -0.3 is 14.7 Å². The lowest BCUT2D eigenvalue weighted by molar-refractivity contribution is -0.116. The van der Waals surface area contributed by atoms with E-state index in [1.165, 1.54) is 16.7 Å². The van der Waals surface area contributed by atoms with E-state index >= 15 is 0 Å². The fourth-order valence-electron chi connectivity index (χ4n) is 2.68. The third-order valence-corrected chi connectivity index (χ3v) is 5.17. The predicted octanol–water partition coefficient (Wildman–Crippen LogP) is 3.69. The Morgan fingerprint density at radius 3 is 2.69 bits per heavy atom. The number of nitrogens with one attached hydrogen (secondary N) is 1. The van der Waals surface area contributed by atoms with Crippen molar-refractivity contribution in [3.8, 4) is 0 Å². The average Bonchev–Trinajstić information content (AvgIpc) is 3.11. The van der Waals surface area contributed by atoms with Crippen molar-refractivity contribution in [2.75, 3.05) is 18.9 Å². The van der Waals surface area contributed by atoms with Gasteiger partial charge in [0.05, 0.1) is 23.6 Å². The Morgan fingerprint density at radius 1 is 1.17 bits per heavy atom. The number of carbonyl (C=O) groups is 2. The van der Waals surface area contributed by atoms with Crippen LogP contribution in [0.2, 0.25) is 0 Å². The summed E-state index contributed by atoms with van der Waals surface area (Å²) < 4.78 is 5.23. The number of likely N-dealkylation sites (N-methyl/N-ethyl adjacent to an activating group) is 1. The van der Waals surface area contributed by atoms with Gasteiger partial charge >= 0.3 is 0 Å². The van der Waals surface area contributed by atoms with Gasteiger partial charge in [-0.3, -0.25) is 9.59 Å². The van der Waals surface area contributed by atoms with Crippen molar-refractivity contribution in [2.45, 2.75) is 24.5 Å². The number of aryl methyl sites for hydroxylation is 2. The Labute approximate surface area is 173 Å². The van der Waals surface area contributed by atoms with Crippen LogP contribution in [0, 0.1) is 13.8 Å². The second kappa shape index (κ2) is 9.38. The highest BCUT2D eigenvalue weighted by atomic mass is 32.2. The number of rotatable bonds is 7. The molecule has 0 saturated carbocycles. The maximum atomic E-state index is 12.9. The minimum Gasteiger partial charge on any atom is -0.360 e. The number of anilines is 1. The maximum absolute atomic E-state index is 12.9. The van der Waals surface area contributed by atoms with E-state index in [4.69, 9.17) is 4.52 Å². The number of benzene rings is 1. The van der Waals surface area contributed by atoms with Gasteiger partial charge in [0, 0.05) is 24.2 Å². The number of nitrogens with zero attached hydrogens (tertiary/aromatic N) is 3. The predicted molar refractivity (Wildman–Crippen MR) is 112 cm³/mol. The Bertz CT molecular complexity index is 1020.